The lowest BCUT2D eigenvalue weighted by Crippen LogP contribution is -3.15. The van der Waals surface area contributed by atoms with Gasteiger partial charge in [0, 0.05) is 38.5 Å². The van der Waals surface area contributed by atoms with Gasteiger partial charge in [0.15, 0.2) is 0 Å². The molecule has 0 aromatic rings. The molecule has 58 heavy (non-hydrogen) atoms. The normalized spacial score (nSPS) is 11.7. The van der Waals surface area contributed by atoms with Gasteiger partial charge in [0.05, 0.1) is 0 Å². The van der Waals surface area contributed by atoms with E-state index >= 15 is 0 Å². The van der Waals surface area contributed by atoms with Crippen LogP contribution in [0.4, 0.5) is 0 Å². The average Bonchev–Trinajstić information content (AvgIpc) is 3.20. The zero-order valence-electron chi connectivity index (χ0n) is 38.9. The van der Waals surface area contributed by atoms with Gasteiger partial charge in [-0.15, -0.1) is 0 Å². The third kappa shape index (κ3) is 22.8. The lowest BCUT2D eigenvalue weighted by Gasteiger charge is -2.37. The van der Waals surface area contributed by atoms with Crippen LogP contribution in [0, 0.1) is 0 Å². The van der Waals surface area contributed by atoms with E-state index in [1.54, 1.807) is 0 Å². The predicted octanol–water partition coefficient (Wildman–Crippen LogP) is 9.61. The Labute approximate surface area is 363 Å². The van der Waals surface area contributed by atoms with Crippen molar-refractivity contribution in [1.29, 1.82) is 0 Å². The number of Topliss-reactive ketones (excluding diaryl/α,β-unsaturated/α-hetero) is 6. The monoisotopic (exact) mass is 838 g/mol. The second-order valence-electron chi connectivity index (χ2n) is 17.3. The minimum absolute atomic E-state index is 0. The molecule has 0 atom stereocenters. The van der Waals surface area contributed by atoms with Gasteiger partial charge in [0.1, 0.15) is 0 Å². The summed E-state index contributed by atoms with van der Waals surface area (Å²) < 4.78 is 0. The number of rotatable bonds is 44. The first-order valence-electron chi connectivity index (χ1n) is 24.7. The first kappa shape index (κ1) is 58.4. The van der Waals surface area contributed by atoms with Crippen molar-refractivity contribution >= 4 is 34.7 Å². The fourth-order valence-corrected chi connectivity index (χ4v) is 8.26. The summed E-state index contributed by atoms with van der Waals surface area (Å²) in [4.78, 5) is 89.9. The first-order chi connectivity index (χ1) is 27.6. The van der Waals surface area contributed by atoms with E-state index in [-0.39, 0.29) is 50.9 Å². The van der Waals surface area contributed by atoms with Gasteiger partial charge in [-0.2, -0.15) is 0 Å². The summed E-state index contributed by atoms with van der Waals surface area (Å²) in [5, 5.41) is 1.26. The first-order valence-corrected chi connectivity index (χ1v) is 24.7. The molecule has 0 rings (SSSR count). The van der Waals surface area contributed by atoms with Crippen molar-refractivity contribution in [2.45, 2.75) is 284 Å². The van der Waals surface area contributed by atoms with Crippen molar-refractivity contribution in [1.82, 2.24) is 0 Å². The second-order valence-corrected chi connectivity index (χ2v) is 17.3. The van der Waals surface area contributed by atoms with Gasteiger partial charge in [-0.1, -0.05) is 196 Å². The van der Waals surface area contributed by atoms with Crippen LogP contribution in [0.3, 0.4) is 0 Å². The van der Waals surface area contributed by atoms with E-state index in [0.29, 0.717) is 38.5 Å². The quantitative estimate of drug-likeness (QED) is 0.0483. The number of carbonyl (C=O) groups is 6. The van der Waals surface area contributed by atoms with Crippen LogP contribution in [0.15, 0.2) is 0 Å². The summed E-state index contributed by atoms with van der Waals surface area (Å²) in [6.07, 6.45) is 26.2. The minimum atomic E-state index is -2.28. The van der Waals surface area contributed by atoms with E-state index < -0.39 is 45.8 Å². The number of halogens is 1. The molecule has 0 heterocycles. The fourth-order valence-electron chi connectivity index (χ4n) is 8.26. The molecule has 0 aliphatic heterocycles. The maximum Gasteiger partial charge on any atom is 0.273 e. The van der Waals surface area contributed by atoms with Gasteiger partial charge in [-0.3, -0.25) is 34.1 Å². The summed E-state index contributed by atoms with van der Waals surface area (Å²) in [6.45, 7) is 12.8. The van der Waals surface area contributed by atoms with Gasteiger partial charge in [0.25, 0.3) is 11.1 Å². The molecule has 0 aromatic carbocycles. The van der Waals surface area contributed by atoms with E-state index in [0.717, 1.165) is 154 Å². The highest BCUT2D eigenvalue weighted by Gasteiger charge is 2.65. The van der Waals surface area contributed by atoms with Crippen LogP contribution in [0.5, 0.6) is 0 Å². The van der Waals surface area contributed by atoms with Gasteiger partial charge in [-0.25, -0.2) is 0 Å². The average molecular weight is 839 g/mol. The lowest BCUT2D eigenvalue weighted by molar-refractivity contribution is -0.713. The SMILES string of the molecule is CCCCCCCC(=O)C([NH2+]C(C(=O)CCCCCCC)(C(=O)CCCCCCC)C(=O)CCCCCCC)(C(=O)CCCCCCC)C(=O)CCCCCCC.[Cl-]. The van der Waals surface area contributed by atoms with Gasteiger partial charge < -0.3 is 12.4 Å². The Kier molecular flexibility index (Phi) is 38.4. The number of quaternary nitrogens is 1. The third-order valence-corrected chi connectivity index (χ3v) is 12.1. The van der Waals surface area contributed by atoms with Crippen molar-refractivity contribution in [2.24, 2.45) is 0 Å². The zero-order valence-corrected chi connectivity index (χ0v) is 39.6. The molecule has 0 fully saturated rings. The number of nitrogens with two attached hydrogens (primary N) is 1. The van der Waals surface area contributed by atoms with E-state index in [2.05, 4.69) is 41.5 Å². The molecule has 0 aromatic heterocycles. The van der Waals surface area contributed by atoms with Crippen LogP contribution < -0.4 is 17.7 Å². The Hall–Kier alpha value is -1.73. The van der Waals surface area contributed by atoms with Gasteiger partial charge >= 0.3 is 0 Å². The highest BCUT2D eigenvalue weighted by atomic mass is 35.5. The molecule has 0 spiro atoms. The molecule has 0 unspecified atom stereocenters. The van der Waals surface area contributed by atoms with E-state index in [1.807, 2.05) is 0 Å². The molecule has 0 radical (unpaired) electrons. The van der Waals surface area contributed by atoms with Crippen molar-refractivity contribution in [3.8, 4) is 0 Å². The van der Waals surface area contributed by atoms with Crippen molar-refractivity contribution in [3.05, 3.63) is 0 Å². The van der Waals surface area contributed by atoms with Crippen molar-refractivity contribution in [3.63, 3.8) is 0 Å². The number of ketones is 6. The molecular formula is C50H92ClNO6. The summed E-state index contributed by atoms with van der Waals surface area (Å²) in [5.41, 5.74) is -4.57. The van der Waals surface area contributed by atoms with Crippen molar-refractivity contribution in [2.75, 3.05) is 0 Å². The number of hydrogen-bond acceptors (Lipinski definition) is 6. The van der Waals surface area contributed by atoms with Crippen LogP contribution in [0.2, 0.25) is 0 Å². The number of hydrogen-bond donors (Lipinski definition) is 1. The van der Waals surface area contributed by atoms with Crippen LogP contribution in [-0.4, -0.2) is 45.8 Å². The molecule has 2 N–H and O–H groups in total. The maximum absolute atomic E-state index is 15.0. The molecule has 8 heteroatoms. The highest BCUT2D eigenvalue weighted by molar-refractivity contribution is 6.31. The van der Waals surface area contributed by atoms with Crippen LogP contribution in [0.25, 0.3) is 0 Å². The van der Waals surface area contributed by atoms with E-state index in [1.165, 1.54) is 5.32 Å². The second kappa shape index (κ2) is 38.2. The largest absolute Gasteiger partial charge is 1.00 e. The third-order valence-electron chi connectivity index (χ3n) is 12.1. The molecule has 7 nitrogen and oxygen atoms in total. The summed E-state index contributed by atoms with van der Waals surface area (Å²) in [5.74, 6) is -3.07. The fraction of sp³-hybridized carbons (Fsp3) is 0.880. The molecule has 0 bridgehead atoms. The molecule has 0 aliphatic rings. The Morgan fingerprint density at radius 3 is 0.534 bits per heavy atom. The standard InChI is InChI=1S/C50H91NO6.ClH/c1-7-13-19-25-31-37-43(52)49(44(53)38-32-26-20-14-8-2,45(54)39-33-27-21-15-9-3)51-50(46(55)40-34-28-22-16-10-4,47(56)41-35-29-23-17-11-5)48(57)42-36-30-24-18-12-6;/h51H,7-42H2,1-6H3;1H. The molecule has 0 aliphatic carbocycles. The number of carbonyl (C=O) groups excluding carboxylic acids is 6. The molecular weight excluding hydrogens is 746 g/mol. The lowest BCUT2D eigenvalue weighted by atomic mass is 9.71. The summed E-state index contributed by atoms with van der Waals surface area (Å²) in [7, 11) is 0. The summed E-state index contributed by atoms with van der Waals surface area (Å²) in [6, 6.07) is 0. The van der Waals surface area contributed by atoms with E-state index in [4.69, 9.17) is 0 Å². The Morgan fingerprint density at radius 1 is 0.259 bits per heavy atom. The zero-order chi connectivity index (χ0) is 42.6. The Balaban J connectivity index is 0. The predicted molar refractivity (Wildman–Crippen MR) is 238 cm³/mol. The van der Waals surface area contributed by atoms with Crippen LogP contribution >= 0.6 is 0 Å². The highest BCUT2D eigenvalue weighted by Crippen LogP contribution is 2.26. The Morgan fingerprint density at radius 2 is 0.397 bits per heavy atom. The summed E-state index contributed by atoms with van der Waals surface area (Å²) >= 11 is 0. The van der Waals surface area contributed by atoms with Gasteiger partial charge in [-0.05, 0) is 38.5 Å². The smallest absolute Gasteiger partial charge is 0.273 e. The van der Waals surface area contributed by atoms with E-state index in [9.17, 15) is 28.8 Å². The molecule has 0 amide bonds. The molecule has 0 saturated carbocycles. The Bertz CT molecular complexity index is 891. The maximum atomic E-state index is 15.0. The molecule has 340 valence electrons. The topological polar surface area (TPSA) is 119 Å². The van der Waals surface area contributed by atoms with Crippen LogP contribution in [0.1, 0.15) is 273 Å². The number of unbranched alkanes of at least 4 members (excludes halogenated alkanes) is 24. The van der Waals surface area contributed by atoms with Gasteiger partial charge in [0.2, 0.25) is 34.7 Å². The molecule has 0 saturated heterocycles. The minimum Gasteiger partial charge on any atom is -1.00 e. The van der Waals surface area contributed by atoms with Crippen molar-refractivity contribution < 1.29 is 46.5 Å². The van der Waals surface area contributed by atoms with Crippen LogP contribution in [-0.2, 0) is 28.8 Å².